The van der Waals surface area contributed by atoms with Gasteiger partial charge in [0.15, 0.2) is 0 Å². The number of alkyl halides is 2. The molecular formula is C12H17F2NO2. The number of hydrogen-bond acceptors (Lipinski definition) is 3. The highest BCUT2D eigenvalue weighted by molar-refractivity contribution is 5.29. The van der Waals surface area contributed by atoms with Crippen molar-refractivity contribution >= 4 is 0 Å². The first-order chi connectivity index (χ1) is 8.13. The summed E-state index contributed by atoms with van der Waals surface area (Å²) in [4.78, 5) is 0. The SMILES string of the molecule is COCCCC(N)c1ccc(OC(F)F)cc1. The minimum absolute atomic E-state index is 0.106. The van der Waals surface area contributed by atoms with Gasteiger partial charge in [0.1, 0.15) is 5.75 Å². The highest BCUT2D eigenvalue weighted by atomic mass is 19.3. The van der Waals surface area contributed by atoms with E-state index in [1.54, 1.807) is 19.2 Å². The minimum Gasteiger partial charge on any atom is -0.435 e. The molecular weight excluding hydrogens is 228 g/mol. The molecule has 1 atom stereocenters. The maximum atomic E-state index is 11.9. The predicted octanol–water partition coefficient (Wildman–Crippen LogP) is 2.71. The second-order valence-corrected chi connectivity index (χ2v) is 3.69. The zero-order valence-electron chi connectivity index (χ0n) is 9.74. The van der Waals surface area contributed by atoms with Crippen LogP contribution in [0.25, 0.3) is 0 Å². The predicted molar refractivity (Wildman–Crippen MR) is 61.1 cm³/mol. The van der Waals surface area contributed by atoms with Crippen LogP contribution in [0, 0.1) is 0 Å². The van der Waals surface area contributed by atoms with Crippen molar-refractivity contribution in [1.29, 1.82) is 0 Å². The molecule has 0 saturated carbocycles. The first-order valence-corrected chi connectivity index (χ1v) is 5.42. The molecule has 5 heteroatoms. The number of rotatable bonds is 7. The van der Waals surface area contributed by atoms with E-state index in [-0.39, 0.29) is 11.8 Å². The van der Waals surface area contributed by atoms with E-state index in [2.05, 4.69) is 4.74 Å². The summed E-state index contributed by atoms with van der Waals surface area (Å²) in [6.07, 6.45) is 1.66. The second kappa shape index (κ2) is 7.19. The van der Waals surface area contributed by atoms with Gasteiger partial charge in [-0.1, -0.05) is 12.1 Å². The summed E-state index contributed by atoms with van der Waals surface area (Å²) in [6, 6.07) is 6.30. The number of hydrogen-bond donors (Lipinski definition) is 1. The topological polar surface area (TPSA) is 44.5 Å². The van der Waals surface area contributed by atoms with Crippen LogP contribution in [0.5, 0.6) is 5.75 Å². The van der Waals surface area contributed by atoms with Crippen LogP contribution in [0.2, 0.25) is 0 Å². The molecule has 17 heavy (non-hydrogen) atoms. The summed E-state index contributed by atoms with van der Waals surface area (Å²) in [5.41, 5.74) is 6.85. The van der Waals surface area contributed by atoms with Crippen LogP contribution >= 0.6 is 0 Å². The lowest BCUT2D eigenvalue weighted by molar-refractivity contribution is -0.0498. The van der Waals surface area contributed by atoms with Gasteiger partial charge in [-0.2, -0.15) is 8.78 Å². The molecule has 2 N–H and O–H groups in total. The first-order valence-electron chi connectivity index (χ1n) is 5.42. The quantitative estimate of drug-likeness (QED) is 0.751. The Bertz CT molecular complexity index is 317. The molecule has 1 aromatic carbocycles. The third-order valence-corrected chi connectivity index (χ3v) is 2.40. The molecule has 0 aliphatic carbocycles. The fourth-order valence-electron chi connectivity index (χ4n) is 1.51. The van der Waals surface area contributed by atoms with Crippen molar-refractivity contribution in [3.63, 3.8) is 0 Å². The Morgan fingerprint density at radius 3 is 2.41 bits per heavy atom. The Morgan fingerprint density at radius 2 is 1.88 bits per heavy atom. The van der Waals surface area contributed by atoms with Gasteiger partial charge in [-0.05, 0) is 30.5 Å². The highest BCUT2D eigenvalue weighted by Crippen LogP contribution is 2.20. The van der Waals surface area contributed by atoms with Crippen molar-refractivity contribution < 1.29 is 18.3 Å². The van der Waals surface area contributed by atoms with E-state index in [4.69, 9.17) is 10.5 Å². The zero-order chi connectivity index (χ0) is 12.7. The van der Waals surface area contributed by atoms with E-state index < -0.39 is 6.61 Å². The van der Waals surface area contributed by atoms with Crippen molar-refractivity contribution in [2.75, 3.05) is 13.7 Å². The second-order valence-electron chi connectivity index (χ2n) is 3.69. The van der Waals surface area contributed by atoms with Crippen molar-refractivity contribution in [1.82, 2.24) is 0 Å². The Balaban J connectivity index is 2.48. The van der Waals surface area contributed by atoms with Crippen LogP contribution < -0.4 is 10.5 Å². The molecule has 0 aliphatic rings. The van der Waals surface area contributed by atoms with Crippen molar-refractivity contribution in [2.24, 2.45) is 5.73 Å². The third kappa shape index (κ3) is 5.10. The molecule has 0 radical (unpaired) electrons. The summed E-state index contributed by atoms with van der Waals surface area (Å²) < 4.78 is 33.0. The molecule has 0 amide bonds. The smallest absolute Gasteiger partial charge is 0.387 e. The average Bonchev–Trinajstić information content (AvgIpc) is 2.29. The van der Waals surface area contributed by atoms with E-state index in [9.17, 15) is 8.78 Å². The lowest BCUT2D eigenvalue weighted by Crippen LogP contribution is -2.11. The molecule has 0 aliphatic heterocycles. The standard InChI is InChI=1S/C12H17F2NO2/c1-16-8-2-3-11(15)9-4-6-10(7-5-9)17-12(13)14/h4-7,11-12H,2-3,8,15H2,1H3. The fraction of sp³-hybridized carbons (Fsp3) is 0.500. The molecule has 96 valence electrons. The molecule has 0 bridgehead atoms. The van der Waals surface area contributed by atoms with Gasteiger partial charge in [0, 0.05) is 19.8 Å². The van der Waals surface area contributed by atoms with E-state index in [1.807, 2.05) is 0 Å². The van der Waals surface area contributed by atoms with Crippen LogP contribution in [0.1, 0.15) is 24.4 Å². The molecule has 1 rings (SSSR count). The number of methoxy groups -OCH3 is 1. The Hall–Kier alpha value is -1.20. The molecule has 1 aromatic rings. The first kappa shape index (κ1) is 13.9. The van der Waals surface area contributed by atoms with Gasteiger partial charge >= 0.3 is 6.61 Å². The zero-order valence-corrected chi connectivity index (χ0v) is 9.74. The molecule has 0 fully saturated rings. The molecule has 1 unspecified atom stereocenters. The van der Waals surface area contributed by atoms with Gasteiger partial charge in [-0.25, -0.2) is 0 Å². The van der Waals surface area contributed by atoms with E-state index in [0.717, 1.165) is 18.4 Å². The van der Waals surface area contributed by atoms with Gasteiger partial charge in [-0.3, -0.25) is 0 Å². The highest BCUT2D eigenvalue weighted by Gasteiger charge is 2.07. The monoisotopic (exact) mass is 245 g/mol. The van der Waals surface area contributed by atoms with Crippen molar-refractivity contribution in [3.05, 3.63) is 29.8 Å². The van der Waals surface area contributed by atoms with Crippen molar-refractivity contribution in [3.8, 4) is 5.75 Å². The Labute approximate surface area is 99.5 Å². The molecule has 0 aromatic heterocycles. The molecule has 3 nitrogen and oxygen atoms in total. The molecule has 0 spiro atoms. The van der Waals surface area contributed by atoms with Crippen LogP contribution in [-0.4, -0.2) is 20.3 Å². The normalized spacial score (nSPS) is 12.8. The van der Waals surface area contributed by atoms with Gasteiger partial charge in [0.2, 0.25) is 0 Å². The van der Waals surface area contributed by atoms with Gasteiger partial charge in [-0.15, -0.1) is 0 Å². The van der Waals surface area contributed by atoms with Gasteiger partial charge in [0.25, 0.3) is 0 Å². The number of halogens is 2. The maximum absolute atomic E-state index is 11.9. The van der Waals surface area contributed by atoms with E-state index in [1.165, 1.54) is 12.1 Å². The summed E-state index contributed by atoms with van der Waals surface area (Å²) in [6.45, 7) is -2.13. The summed E-state index contributed by atoms with van der Waals surface area (Å²) in [7, 11) is 1.64. The average molecular weight is 245 g/mol. The fourth-order valence-corrected chi connectivity index (χ4v) is 1.51. The lowest BCUT2D eigenvalue weighted by Gasteiger charge is -2.12. The number of ether oxygens (including phenoxy) is 2. The van der Waals surface area contributed by atoms with Gasteiger partial charge < -0.3 is 15.2 Å². The van der Waals surface area contributed by atoms with Crippen LogP contribution in [0.4, 0.5) is 8.78 Å². The Kier molecular flexibility index (Phi) is 5.86. The Morgan fingerprint density at radius 1 is 1.24 bits per heavy atom. The largest absolute Gasteiger partial charge is 0.435 e. The van der Waals surface area contributed by atoms with Crippen LogP contribution in [0.3, 0.4) is 0 Å². The van der Waals surface area contributed by atoms with E-state index >= 15 is 0 Å². The molecule has 0 saturated heterocycles. The van der Waals surface area contributed by atoms with Crippen LogP contribution in [-0.2, 0) is 4.74 Å². The lowest BCUT2D eigenvalue weighted by atomic mass is 10.0. The van der Waals surface area contributed by atoms with Crippen molar-refractivity contribution in [2.45, 2.75) is 25.5 Å². The number of benzene rings is 1. The van der Waals surface area contributed by atoms with Gasteiger partial charge in [0.05, 0.1) is 0 Å². The minimum atomic E-state index is -2.80. The number of nitrogens with two attached hydrogens (primary N) is 1. The van der Waals surface area contributed by atoms with E-state index in [0.29, 0.717) is 6.61 Å². The summed E-state index contributed by atoms with van der Waals surface area (Å²) in [5, 5.41) is 0. The van der Waals surface area contributed by atoms with Crippen LogP contribution in [0.15, 0.2) is 24.3 Å². The maximum Gasteiger partial charge on any atom is 0.387 e. The molecule has 0 heterocycles. The third-order valence-electron chi connectivity index (χ3n) is 2.40. The summed E-state index contributed by atoms with van der Waals surface area (Å²) >= 11 is 0. The summed E-state index contributed by atoms with van der Waals surface area (Å²) in [5.74, 6) is 0.146.